The molecule has 0 saturated carbocycles. The molecule has 0 atom stereocenters. The molecule has 2 aromatic carbocycles. The van der Waals surface area contributed by atoms with Crippen LogP contribution >= 0.6 is 11.6 Å². The number of rotatable bonds is 5. The van der Waals surface area contributed by atoms with Crippen LogP contribution in [0.5, 0.6) is 0 Å². The Morgan fingerprint density at radius 1 is 0.947 bits per heavy atom. The zero-order chi connectivity index (χ0) is 26.4. The second kappa shape index (κ2) is 9.31. The summed E-state index contributed by atoms with van der Waals surface area (Å²) in [6.45, 7) is 4.25. The van der Waals surface area contributed by atoms with Crippen LogP contribution in [0, 0.1) is 13.8 Å². The molecular weight excluding hydrogens is 502 g/mol. The Morgan fingerprint density at radius 2 is 1.79 bits per heavy atom. The minimum Gasteiger partial charge on any atom is -0.326 e. The summed E-state index contributed by atoms with van der Waals surface area (Å²) in [6.07, 6.45) is 3.47. The molecule has 6 rings (SSSR count). The van der Waals surface area contributed by atoms with Gasteiger partial charge >= 0.3 is 6.03 Å². The molecule has 190 valence electrons. The van der Waals surface area contributed by atoms with Crippen LogP contribution in [0.4, 0.5) is 39.6 Å². The molecule has 3 N–H and O–H groups in total. The summed E-state index contributed by atoms with van der Waals surface area (Å²) in [5, 5.41) is 7.09. The van der Waals surface area contributed by atoms with E-state index < -0.39 is 0 Å². The number of imidazole rings is 1. The van der Waals surface area contributed by atoms with Crippen molar-refractivity contribution in [3.05, 3.63) is 82.8 Å². The van der Waals surface area contributed by atoms with Crippen molar-refractivity contribution in [2.45, 2.75) is 20.4 Å². The van der Waals surface area contributed by atoms with E-state index in [2.05, 4.69) is 35.6 Å². The number of aryl methyl sites for hydroxylation is 2. The normalized spacial score (nSPS) is 13.1. The number of carbonyl (C=O) groups is 1. The third-order valence-corrected chi connectivity index (χ3v) is 6.61. The molecule has 0 radical (unpaired) electrons. The van der Waals surface area contributed by atoms with E-state index in [1.807, 2.05) is 56.3 Å². The average molecular weight is 526 g/mol. The van der Waals surface area contributed by atoms with Gasteiger partial charge in [0, 0.05) is 35.2 Å². The maximum atomic E-state index is 13.5. The van der Waals surface area contributed by atoms with Crippen molar-refractivity contribution in [3.63, 3.8) is 0 Å². The number of aromatic nitrogens is 5. The highest BCUT2D eigenvalue weighted by atomic mass is 35.5. The summed E-state index contributed by atoms with van der Waals surface area (Å²) in [5.74, 6) is 1.55. The number of anilines is 6. The third-order valence-electron chi connectivity index (χ3n) is 6.38. The lowest BCUT2D eigenvalue weighted by atomic mass is 10.1. The summed E-state index contributed by atoms with van der Waals surface area (Å²) in [4.78, 5) is 37.9. The zero-order valence-electron chi connectivity index (χ0n) is 21.0. The summed E-state index contributed by atoms with van der Waals surface area (Å²) in [6, 6.07) is 15.0. The topological polar surface area (TPSA) is 115 Å². The molecule has 0 aliphatic carbocycles. The van der Waals surface area contributed by atoms with Gasteiger partial charge in [0.1, 0.15) is 5.82 Å². The third kappa shape index (κ3) is 4.46. The molecule has 38 heavy (non-hydrogen) atoms. The highest BCUT2D eigenvalue weighted by Gasteiger charge is 2.31. The Morgan fingerprint density at radius 3 is 2.61 bits per heavy atom. The van der Waals surface area contributed by atoms with Crippen molar-refractivity contribution in [3.8, 4) is 0 Å². The summed E-state index contributed by atoms with van der Waals surface area (Å²) in [5.41, 5.74) is 6.71. The number of hydrogen-bond acceptors (Lipinski definition) is 7. The lowest BCUT2D eigenvalue weighted by Crippen LogP contribution is -2.46. The van der Waals surface area contributed by atoms with E-state index >= 15 is 0 Å². The molecule has 5 aromatic rings. The van der Waals surface area contributed by atoms with Crippen molar-refractivity contribution in [2.24, 2.45) is 0 Å². The maximum Gasteiger partial charge on any atom is 0.330 e. The first-order valence-electron chi connectivity index (χ1n) is 12.0. The molecule has 0 fully saturated rings. The Kier molecular flexibility index (Phi) is 5.80. The number of hydrogen-bond donors (Lipinski definition) is 3. The second-order valence-corrected chi connectivity index (χ2v) is 9.59. The molecule has 0 bridgehead atoms. The smallest absolute Gasteiger partial charge is 0.326 e. The van der Waals surface area contributed by atoms with Crippen LogP contribution in [0.25, 0.3) is 11.0 Å². The fraction of sp³-hybridized carbons (Fsp3) is 0.148. The van der Waals surface area contributed by atoms with Crippen LogP contribution in [0.2, 0.25) is 5.02 Å². The fourth-order valence-corrected chi connectivity index (χ4v) is 4.56. The Labute approximate surface area is 223 Å². The number of pyridine rings is 1. The van der Waals surface area contributed by atoms with Gasteiger partial charge in [0.2, 0.25) is 11.9 Å². The number of fused-ring (bicyclic) bond motifs is 2. The molecule has 4 heterocycles. The molecule has 1 aliphatic heterocycles. The van der Waals surface area contributed by atoms with E-state index in [1.54, 1.807) is 35.3 Å². The van der Waals surface area contributed by atoms with Crippen LogP contribution in [-0.2, 0) is 6.54 Å². The number of carbonyl (C=O) groups excluding carboxylic acids is 1. The van der Waals surface area contributed by atoms with Gasteiger partial charge in [0.15, 0.2) is 0 Å². The predicted molar refractivity (Wildman–Crippen MR) is 150 cm³/mol. The van der Waals surface area contributed by atoms with E-state index in [0.29, 0.717) is 29.3 Å². The first kappa shape index (κ1) is 23.7. The number of urea groups is 1. The molecule has 2 amide bonds. The summed E-state index contributed by atoms with van der Waals surface area (Å²) < 4.78 is 0. The Bertz CT molecular complexity index is 1680. The Hall–Kier alpha value is -4.70. The van der Waals surface area contributed by atoms with Gasteiger partial charge < -0.3 is 15.6 Å². The van der Waals surface area contributed by atoms with E-state index in [1.165, 1.54) is 0 Å². The van der Waals surface area contributed by atoms with Crippen LogP contribution in [0.15, 0.2) is 60.9 Å². The molecule has 3 aromatic heterocycles. The largest absolute Gasteiger partial charge is 0.330 e. The van der Waals surface area contributed by atoms with Crippen molar-refractivity contribution >= 4 is 63.4 Å². The molecule has 0 unspecified atom stereocenters. The quantitative estimate of drug-likeness (QED) is 0.254. The van der Waals surface area contributed by atoms with Crippen LogP contribution in [0.1, 0.15) is 16.8 Å². The van der Waals surface area contributed by atoms with Gasteiger partial charge in [0.05, 0.1) is 35.1 Å². The first-order valence-corrected chi connectivity index (χ1v) is 12.4. The van der Waals surface area contributed by atoms with Gasteiger partial charge in [0.25, 0.3) is 0 Å². The van der Waals surface area contributed by atoms with Gasteiger partial charge in [-0.2, -0.15) is 4.98 Å². The number of aromatic amines is 1. The molecule has 11 heteroatoms. The van der Waals surface area contributed by atoms with Gasteiger partial charge in [-0.15, -0.1) is 0 Å². The van der Waals surface area contributed by atoms with Gasteiger partial charge in [-0.3, -0.25) is 14.8 Å². The SMILES string of the molecule is Cc1ccc(Nc2ncc3c(n2)N(C)C(=O)N(c2cc(Nc4nc5ccc(Cl)cc5[nH]4)ccc2C)C3)cn1. The van der Waals surface area contributed by atoms with Gasteiger partial charge in [-0.25, -0.2) is 14.8 Å². The van der Waals surface area contributed by atoms with E-state index in [-0.39, 0.29) is 6.03 Å². The Balaban J connectivity index is 1.26. The van der Waals surface area contributed by atoms with Crippen LogP contribution in [-0.4, -0.2) is 38.0 Å². The van der Waals surface area contributed by atoms with E-state index in [9.17, 15) is 4.79 Å². The minimum absolute atomic E-state index is 0.183. The van der Waals surface area contributed by atoms with Crippen molar-refractivity contribution < 1.29 is 4.79 Å². The second-order valence-electron chi connectivity index (χ2n) is 9.16. The summed E-state index contributed by atoms with van der Waals surface area (Å²) in [7, 11) is 1.72. The number of benzene rings is 2. The molecule has 1 aliphatic rings. The minimum atomic E-state index is -0.183. The number of nitrogens with zero attached hydrogens (tertiary/aromatic N) is 6. The molecule has 10 nitrogen and oxygen atoms in total. The average Bonchev–Trinajstić information content (AvgIpc) is 3.30. The standard InChI is InChI=1S/C27H24ClN9O/c1-15-4-7-19(31-26-33-21-9-6-18(28)10-22(21)34-26)11-23(15)37-14-17-12-30-25(35-24(17)36(3)27(37)38)32-20-8-5-16(2)29-13-20/h4-13H,14H2,1-3H3,(H,30,32,35)(H2,31,33,34). The van der Waals surface area contributed by atoms with Crippen molar-refractivity contribution in [1.82, 2.24) is 24.9 Å². The van der Waals surface area contributed by atoms with E-state index in [4.69, 9.17) is 11.6 Å². The molecular formula is C27H24ClN9O. The lowest BCUT2D eigenvalue weighted by molar-refractivity contribution is 0.251. The monoisotopic (exact) mass is 525 g/mol. The van der Waals surface area contributed by atoms with Crippen LogP contribution in [0.3, 0.4) is 0 Å². The number of nitrogens with one attached hydrogen (secondary N) is 3. The fourth-order valence-electron chi connectivity index (χ4n) is 4.38. The highest BCUT2D eigenvalue weighted by molar-refractivity contribution is 6.31. The number of halogens is 1. The van der Waals surface area contributed by atoms with Crippen molar-refractivity contribution in [2.75, 3.05) is 27.5 Å². The predicted octanol–water partition coefficient (Wildman–Crippen LogP) is 6.08. The summed E-state index contributed by atoms with van der Waals surface area (Å²) >= 11 is 6.10. The molecule has 0 spiro atoms. The zero-order valence-corrected chi connectivity index (χ0v) is 21.7. The maximum absolute atomic E-state index is 13.5. The first-order chi connectivity index (χ1) is 18.3. The lowest BCUT2D eigenvalue weighted by Gasteiger charge is -2.35. The van der Waals surface area contributed by atoms with Gasteiger partial charge in [-0.1, -0.05) is 17.7 Å². The van der Waals surface area contributed by atoms with Gasteiger partial charge in [-0.05, 0) is 61.9 Å². The molecule has 0 saturated heterocycles. The number of amides is 2. The van der Waals surface area contributed by atoms with Crippen molar-refractivity contribution in [1.29, 1.82) is 0 Å². The highest BCUT2D eigenvalue weighted by Crippen LogP contribution is 2.34. The van der Waals surface area contributed by atoms with E-state index in [0.717, 1.165) is 44.9 Å². The number of H-pyrrole nitrogens is 1. The van der Waals surface area contributed by atoms with Crippen LogP contribution < -0.4 is 20.4 Å².